The summed E-state index contributed by atoms with van der Waals surface area (Å²) in [6.45, 7) is 2.64. The van der Waals surface area contributed by atoms with Gasteiger partial charge in [-0.05, 0) is 24.6 Å². The van der Waals surface area contributed by atoms with Gasteiger partial charge in [-0.1, -0.05) is 35.3 Å². The number of rotatable bonds is 6. The molecule has 0 aliphatic heterocycles. The number of imidazole rings is 1. The SMILES string of the molecule is Clc1cccc(CNCCCn2ccnc2)c1Cl. The molecule has 96 valence electrons. The quantitative estimate of drug-likeness (QED) is 0.824. The number of nitrogens with one attached hydrogen (secondary N) is 1. The molecular weight excluding hydrogens is 269 g/mol. The molecule has 0 radical (unpaired) electrons. The molecular formula is C13H15Cl2N3. The molecule has 0 aliphatic rings. The van der Waals surface area contributed by atoms with Crippen LogP contribution in [0.15, 0.2) is 36.9 Å². The molecule has 5 heteroatoms. The van der Waals surface area contributed by atoms with E-state index in [1.807, 2.05) is 24.7 Å². The van der Waals surface area contributed by atoms with E-state index in [4.69, 9.17) is 23.2 Å². The summed E-state index contributed by atoms with van der Waals surface area (Å²) in [7, 11) is 0. The van der Waals surface area contributed by atoms with Crippen LogP contribution in [0.4, 0.5) is 0 Å². The smallest absolute Gasteiger partial charge is 0.0945 e. The standard InChI is InChI=1S/C13H15Cl2N3/c14-12-4-1-3-11(13(12)15)9-16-5-2-7-18-8-6-17-10-18/h1,3-4,6,8,10,16H,2,5,7,9H2. The van der Waals surface area contributed by atoms with Crippen molar-refractivity contribution in [3.05, 3.63) is 52.5 Å². The number of benzene rings is 1. The van der Waals surface area contributed by atoms with Crippen molar-refractivity contribution >= 4 is 23.2 Å². The Bertz CT molecular complexity index is 483. The number of halogens is 2. The van der Waals surface area contributed by atoms with Gasteiger partial charge in [-0.2, -0.15) is 0 Å². The van der Waals surface area contributed by atoms with E-state index in [0.717, 1.165) is 31.6 Å². The summed E-state index contributed by atoms with van der Waals surface area (Å²) in [5, 5.41) is 4.60. The fourth-order valence-corrected chi connectivity index (χ4v) is 2.10. The molecule has 0 saturated carbocycles. The lowest BCUT2D eigenvalue weighted by Crippen LogP contribution is -2.16. The van der Waals surface area contributed by atoms with Crippen molar-refractivity contribution in [2.75, 3.05) is 6.54 Å². The second-order valence-corrected chi connectivity index (χ2v) is 4.83. The molecule has 18 heavy (non-hydrogen) atoms. The number of aryl methyl sites for hydroxylation is 1. The molecule has 1 aromatic carbocycles. The molecule has 0 spiro atoms. The Kier molecular flexibility index (Phi) is 5.05. The lowest BCUT2D eigenvalue weighted by Gasteiger charge is -2.08. The van der Waals surface area contributed by atoms with E-state index in [-0.39, 0.29) is 0 Å². The van der Waals surface area contributed by atoms with E-state index in [1.54, 1.807) is 12.3 Å². The third-order valence-corrected chi connectivity index (χ3v) is 3.53. The van der Waals surface area contributed by atoms with Crippen molar-refractivity contribution in [2.45, 2.75) is 19.5 Å². The Morgan fingerprint density at radius 1 is 1.28 bits per heavy atom. The summed E-state index contributed by atoms with van der Waals surface area (Å²) in [4.78, 5) is 4.00. The largest absolute Gasteiger partial charge is 0.337 e. The molecule has 1 N–H and O–H groups in total. The van der Waals surface area contributed by atoms with Crippen LogP contribution in [0.25, 0.3) is 0 Å². The molecule has 1 heterocycles. The maximum Gasteiger partial charge on any atom is 0.0945 e. The molecule has 0 aliphatic carbocycles. The fraction of sp³-hybridized carbons (Fsp3) is 0.308. The third kappa shape index (κ3) is 3.73. The van der Waals surface area contributed by atoms with E-state index in [9.17, 15) is 0 Å². The number of hydrogen-bond donors (Lipinski definition) is 1. The van der Waals surface area contributed by atoms with Gasteiger partial charge in [0, 0.05) is 25.5 Å². The summed E-state index contributed by atoms with van der Waals surface area (Å²) in [6.07, 6.45) is 6.63. The zero-order chi connectivity index (χ0) is 12.8. The number of aromatic nitrogens is 2. The van der Waals surface area contributed by atoms with Gasteiger partial charge in [0.15, 0.2) is 0 Å². The molecule has 0 atom stereocenters. The van der Waals surface area contributed by atoms with Gasteiger partial charge in [0.25, 0.3) is 0 Å². The van der Waals surface area contributed by atoms with Crippen molar-refractivity contribution in [1.82, 2.24) is 14.9 Å². The Morgan fingerprint density at radius 3 is 2.94 bits per heavy atom. The van der Waals surface area contributed by atoms with Gasteiger partial charge in [-0.3, -0.25) is 0 Å². The van der Waals surface area contributed by atoms with Crippen molar-refractivity contribution in [2.24, 2.45) is 0 Å². The van der Waals surface area contributed by atoms with Gasteiger partial charge in [0.1, 0.15) is 0 Å². The highest BCUT2D eigenvalue weighted by atomic mass is 35.5. The maximum atomic E-state index is 6.10. The second kappa shape index (κ2) is 6.78. The molecule has 0 unspecified atom stereocenters. The van der Waals surface area contributed by atoms with E-state index >= 15 is 0 Å². The van der Waals surface area contributed by atoms with Gasteiger partial charge < -0.3 is 9.88 Å². The first-order valence-corrected chi connectivity index (χ1v) is 6.62. The van der Waals surface area contributed by atoms with Crippen LogP contribution >= 0.6 is 23.2 Å². The summed E-state index contributed by atoms with van der Waals surface area (Å²) in [5.74, 6) is 0. The molecule has 1 aromatic heterocycles. The topological polar surface area (TPSA) is 29.9 Å². The zero-order valence-corrected chi connectivity index (χ0v) is 11.5. The van der Waals surface area contributed by atoms with Crippen LogP contribution in [-0.4, -0.2) is 16.1 Å². The highest BCUT2D eigenvalue weighted by Crippen LogP contribution is 2.25. The van der Waals surface area contributed by atoms with Crippen LogP contribution in [-0.2, 0) is 13.1 Å². The lowest BCUT2D eigenvalue weighted by molar-refractivity contribution is 0.581. The van der Waals surface area contributed by atoms with Crippen LogP contribution in [0.1, 0.15) is 12.0 Å². The minimum absolute atomic E-state index is 0.606. The van der Waals surface area contributed by atoms with Gasteiger partial charge in [0.05, 0.1) is 16.4 Å². The summed E-state index contributed by atoms with van der Waals surface area (Å²) in [5.41, 5.74) is 1.03. The van der Waals surface area contributed by atoms with E-state index in [1.165, 1.54) is 0 Å². The van der Waals surface area contributed by atoms with Crippen LogP contribution in [0.5, 0.6) is 0 Å². The first-order chi connectivity index (χ1) is 8.77. The molecule has 0 bridgehead atoms. The van der Waals surface area contributed by atoms with E-state index in [2.05, 4.69) is 14.9 Å². The Balaban J connectivity index is 1.70. The maximum absolute atomic E-state index is 6.10. The highest BCUT2D eigenvalue weighted by molar-refractivity contribution is 6.42. The van der Waals surface area contributed by atoms with E-state index < -0.39 is 0 Å². The first-order valence-electron chi connectivity index (χ1n) is 5.86. The van der Waals surface area contributed by atoms with Gasteiger partial charge >= 0.3 is 0 Å². The van der Waals surface area contributed by atoms with Crippen LogP contribution in [0, 0.1) is 0 Å². The summed E-state index contributed by atoms with van der Waals surface area (Å²) in [6, 6.07) is 5.69. The Hall–Kier alpha value is -1.03. The van der Waals surface area contributed by atoms with Gasteiger partial charge in [-0.15, -0.1) is 0 Å². The molecule has 2 aromatic rings. The molecule has 0 amide bonds. The average molecular weight is 284 g/mol. The van der Waals surface area contributed by atoms with Crippen LogP contribution < -0.4 is 5.32 Å². The Morgan fingerprint density at radius 2 is 2.17 bits per heavy atom. The number of hydrogen-bond acceptors (Lipinski definition) is 2. The van der Waals surface area contributed by atoms with Crippen molar-refractivity contribution in [3.63, 3.8) is 0 Å². The molecule has 0 saturated heterocycles. The van der Waals surface area contributed by atoms with Crippen LogP contribution in [0.3, 0.4) is 0 Å². The van der Waals surface area contributed by atoms with Crippen molar-refractivity contribution < 1.29 is 0 Å². The Labute approximate surface area is 117 Å². The van der Waals surface area contributed by atoms with Gasteiger partial charge in [-0.25, -0.2) is 4.98 Å². The average Bonchev–Trinajstić information content (AvgIpc) is 2.87. The highest BCUT2D eigenvalue weighted by Gasteiger charge is 2.03. The van der Waals surface area contributed by atoms with E-state index in [0.29, 0.717) is 10.0 Å². The monoisotopic (exact) mass is 283 g/mol. The van der Waals surface area contributed by atoms with Gasteiger partial charge in [0.2, 0.25) is 0 Å². The summed E-state index contributed by atoms with van der Waals surface area (Å²) >= 11 is 12.1. The summed E-state index contributed by atoms with van der Waals surface area (Å²) < 4.78 is 2.06. The van der Waals surface area contributed by atoms with Crippen molar-refractivity contribution in [3.8, 4) is 0 Å². The minimum Gasteiger partial charge on any atom is -0.337 e. The second-order valence-electron chi connectivity index (χ2n) is 4.04. The zero-order valence-electron chi connectivity index (χ0n) is 9.94. The van der Waals surface area contributed by atoms with Crippen molar-refractivity contribution in [1.29, 1.82) is 0 Å². The number of nitrogens with zero attached hydrogens (tertiary/aromatic N) is 2. The predicted molar refractivity (Wildman–Crippen MR) is 75.0 cm³/mol. The third-order valence-electron chi connectivity index (χ3n) is 2.68. The normalized spacial score (nSPS) is 10.8. The molecule has 2 rings (SSSR count). The first kappa shape index (κ1) is 13.4. The fourth-order valence-electron chi connectivity index (χ4n) is 1.71. The predicted octanol–water partition coefficient (Wildman–Crippen LogP) is 3.37. The molecule has 3 nitrogen and oxygen atoms in total. The van der Waals surface area contributed by atoms with Crippen LogP contribution in [0.2, 0.25) is 10.0 Å². The minimum atomic E-state index is 0.606. The lowest BCUT2D eigenvalue weighted by atomic mass is 10.2. The molecule has 0 fully saturated rings.